The van der Waals surface area contributed by atoms with E-state index in [0.29, 0.717) is 0 Å². The van der Waals surface area contributed by atoms with Crippen LogP contribution in [0.3, 0.4) is 0 Å². The van der Waals surface area contributed by atoms with Gasteiger partial charge in [0, 0.05) is 22.3 Å². The number of rotatable bonds is 0. The van der Waals surface area contributed by atoms with E-state index < -0.39 is 0 Å². The Balaban J connectivity index is 2.60. The largest absolute Gasteiger partial charge is 0.396 e. The molecule has 0 saturated heterocycles. The number of carbonyl (C=O) groups excluding carboxylic acids is 1. The minimum absolute atomic E-state index is 0.188. The third-order valence-corrected chi connectivity index (χ3v) is 2.99. The van der Waals surface area contributed by atoms with Crippen LogP contribution in [0.2, 0.25) is 0 Å². The number of hydrogen-bond acceptors (Lipinski definition) is 2. The minimum atomic E-state index is -0.327. The Bertz CT molecular complexity index is 309. The van der Waals surface area contributed by atoms with Crippen LogP contribution < -0.4 is 0 Å². The van der Waals surface area contributed by atoms with Gasteiger partial charge in [-0.25, -0.2) is 4.79 Å². The van der Waals surface area contributed by atoms with Crippen LogP contribution in [0, 0.1) is 0 Å². The molecule has 0 aromatic heterocycles. The van der Waals surface area contributed by atoms with E-state index in [4.69, 9.17) is 4.18 Å². The van der Waals surface area contributed by atoms with Crippen molar-refractivity contribution in [2.75, 3.05) is 6.26 Å². The Kier molecular flexibility index (Phi) is 1.39. The summed E-state index contributed by atoms with van der Waals surface area (Å²) in [5.74, 6) is -0.188. The first-order valence-electron chi connectivity index (χ1n) is 3.26. The van der Waals surface area contributed by atoms with Gasteiger partial charge in [0.25, 0.3) is 0 Å². The van der Waals surface area contributed by atoms with E-state index in [0.717, 1.165) is 10.5 Å². The maximum absolute atomic E-state index is 11.1. The zero-order chi connectivity index (χ0) is 7.84. The van der Waals surface area contributed by atoms with Crippen LogP contribution in [0.4, 0.5) is 0 Å². The molecule has 3 heteroatoms. The quantitative estimate of drug-likeness (QED) is 0.591. The molecule has 2 rings (SSSR count). The summed E-state index contributed by atoms with van der Waals surface area (Å²) in [4.78, 5) is 12.1. The van der Waals surface area contributed by atoms with Crippen molar-refractivity contribution >= 4 is 17.1 Å². The van der Waals surface area contributed by atoms with E-state index in [1.54, 1.807) is 6.07 Å². The molecule has 1 aliphatic rings. The van der Waals surface area contributed by atoms with E-state index in [-0.39, 0.29) is 17.1 Å². The van der Waals surface area contributed by atoms with Crippen molar-refractivity contribution in [3.63, 3.8) is 0 Å². The molecule has 0 amide bonds. The number of carbonyl (C=O) groups is 1. The zero-order valence-electron chi connectivity index (χ0n) is 6.03. The Hall–Kier alpha value is -0.960. The lowest BCUT2D eigenvalue weighted by molar-refractivity contribution is 0.0776. The van der Waals surface area contributed by atoms with Crippen molar-refractivity contribution in [3.05, 3.63) is 29.8 Å². The maximum Gasteiger partial charge on any atom is 0.350 e. The summed E-state index contributed by atoms with van der Waals surface area (Å²) < 4.78 is 5.02. The molecule has 2 nitrogen and oxygen atoms in total. The van der Waals surface area contributed by atoms with Gasteiger partial charge in [0.1, 0.15) is 0 Å². The van der Waals surface area contributed by atoms with Crippen molar-refractivity contribution in [3.8, 4) is 0 Å². The molecule has 0 bridgehead atoms. The standard InChI is InChI=1S/C8H7O2S/c1-11-7-5-3-2-4-6(7)8(9)10-11/h2-5H,1H3. The lowest BCUT2D eigenvalue weighted by Gasteiger charge is -2.01. The fraction of sp³-hybridized carbons (Fsp3) is 0.125. The first-order valence-corrected chi connectivity index (χ1v) is 4.82. The SMILES string of the molecule is C[S]1OC(=O)c2ccccc21. The van der Waals surface area contributed by atoms with Crippen molar-refractivity contribution in [2.24, 2.45) is 0 Å². The third kappa shape index (κ3) is 0.922. The Morgan fingerprint density at radius 2 is 2.09 bits per heavy atom. The van der Waals surface area contributed by atoms with Crippen LogP contribution >= 0.6 is 11.2 Å². The van der Waals surface area contributed by atoms with Gasteiger partial charge in [-0.2, -0.15) is 0 Å². The van der Waals surface area contributed by atoms with Crippen LogP contribution in [-0.2, 0) is 4.18 Å². The zero-order valence-corrected chi connectivity index (χ0v) is 6.85. The summed E-state index contributed by atoms with van der Waals surface area (Å²) in [7, 11) is 0. The first-order chi connectivity index (χ1) is 5.29. The monoisotopic (exact) mass is 167 g/mol. The highest BCUT2D eigenvalue weighted by atomic mass is 32.2. The van der Waals surface area contributed by atoms with Gasteiger partial charge in [0.05, 0.1) is 5.56 Å². The van der Waals surface area contributed by atoms with Gasteiger partial charge in [-0.1, -0.05) is 12.1 Å². The molecule has 1 heterocycles. The fourth-order valence-electron chi connectivity index (χ4n) is 1.09. The normalized spacial score (nSPS) is 16.3. The topological polar surface area (TPSA) is 26.3 Å². The molecule has 1 aromatic rings. The lowest BCUT2D eigenvalue weighted by atomic mass is 10.2. The second kappa shape index (κ2) is 2.27. The van der Waals surface area contributed by atoms with Gasteiger partial charge in [-0.05, 0) is 12.1 Å². The highest BCUT2D eigenvalue weighted by Gasteiger charge is 2.25. The minimum Gasteiger partial charge on any atom is -0.396 e. The molecular formula is C8H7O2S. The lowest BCUT2D eigenvalue weighted by Crippen LogP contribution is -1.91. The smallest absolute Gasteiger partial charge is 0.350 e. The molecule has 0 atom stereocenters. The summed E-state index contributed by atoms with van der Waals surface area (Å²) in [5.41, 5.74) is 0.721. The summed E-state index contributed by atoms with van der Waals surface area (Å²) >= 11 is -0.327. The Labute approximate surface area is 67.7 Å². The van der Waals surface area contributed by atoms with Gasteiger partial charge in [0.15, 0.2) is 0 Å². The van der Waals surface area contributed by atoms with E-state index in [2.05, 4.69) is 0 Å². The predicted molar refractivity (Wildman–Crippen MR) is 43.6 cm³/mol. The first kappa shape index (κ1) is 6.73. The molecule has 0 N–H and O–H groups in total. The van der Waals surface area contributed by atoms with E-state index in [9.17, 15) is 4.79 Å². The number of benzene rings is 1. The number of fused-ring (bicyclic) bond motifs is 1. The molecule has 0 aliphatic carbocycles. The van der Waals surface area contributed by atoms with Crippen LogP contribution in [0.25, 0.3) is 0 Å². The summed E-state index contributed by atoms with van der Waals surface area (Å²) in [6, 6.07) is 7.50. The van der Waals surface area contributed by atoms with Crippen molar-refractivity contribution in [2.45, 2.75) is 4.90 Å². The highest BCUT2D eigenvalue weighted by Crippen LogP contribution is 2.42. The molecule has 1 aromatic carbocycles. The van der Waals surface area contributed by atoms with Gasteiger partial charge in [-0.3, -0.25) is 0 Å². The molecule has 57 valence electrons. The average Bonchev–Trinajstić information content (AvgIpc) is 2.30. The van der Waals surface area contributed by atoms with Crippen LogP contribution in [0.15, 0.2) is 29.2 Å². The molecule has 0 saturated carbocycles. The average molecular weight is 167 g/mol. The van der Waals surface area contributed by atoms with Crippen molar-refractivity contribution < 1.29 is 8.98 Å². The Morgan fingerprint density at radius 1 is 1.36 bits per heavy atom. The van der Waals surface area contributed by atoms with Crippen molar-refractivity contribution in [1.82, 2.24) is 0 Å². The second-order valence-corrected chi connectivity index (χ2v) is 3.84. The molecule has 11 heavy (non-hydrogen) atoms. The van der Waals surface area contributed by atoms with Crippen LogP contribution in [0.5, 0.6) is 0 Å². The summed E-state index contributed by atoms with van der Waals surface area (Å²) in [6.07, 6.45) is 1.91. The van der Waals surface area contributed by atoms with Gasteiger partial charge >= 0.3 is 5.97 Å². The van der Waals surface area contributed by atoms with E-state index in [1.807, 2.05) is 24.5 Å². The van der Waals surface area contributed by atoms with Crippen molar-refractivity contribution in [1.29, 1.82) is 0 Å². The predicted octanol–water partition coefficient (Wildman–Crippen LogP) is 2.03. The Morgan fingerprint density at radius 3 is 2.82 bits per heavy atom. The summed E-state index contributed by atoms with van der Waals surface area (Å²) in [6.45, 7) is 0. The second-order valence-electron chi connectivity index (χ2n) is 2.32. The highest BCUT2D eigenvalue weighted by molar-refractivity contribution is 8.13. The van der Waals surface area contributed by atoms with E-state index >= 15 is 0 Å². The van der Waals surface area contributed by atoms with Gasteiger partial charge in [0.2, 0.25) is 0 Å². The summed E-state index contributed by atoms with van der Waals surface area (Å²) in [5, 5.41) is 0. The van der Waals surface area contributed by atoms with Gasteiger partial charge in [-0.15, -0.1) is 0 Å². The molecule has 0 spiro atoms. The fourth-order valence-corrected chi connectivity index (χ4v) is 2.23. The molecule has 0 fully saturated rings. The molecule has 1 aliphatic heterocycles. The van der Waals surface area contributed by atoms with Crippen LogP contribution in [0.1, 0.15) is 10.4 Å². The maximum atomic E-state index is 11.1. The van der Waals surface area contributed by atoms with E-state index in [1.165, 1.54) is 0 Å². The van der Waals surface area contributed by atoms with Crippen LogP contribution in [-0.4, -0.2) is 12.2 Å². The van der Waals surface area contributed by atoms with Gasteiger partial charge < -0.3 is 4.18 Å². The molecule has 0 unspecified atom stereocenters. The molecular weight excluding hydrogens is 160 g/mol. The third-order valence-electron chi connectivity index (χ3n) is 1.62. The molecule has 1 radical (unpaired) electrons. The number of hydrogen-bond donors (Lipinski definition) is 0.